The Balaban J connectivity index is 2.38. The maximum atomic E-state index is 12.1. The second-order valence-corrected chi connectivity index (χ2v) is 7.64. The van der Waals surface area contributed by atoms with Crippen molar-refractivity contribution in [1.29, 1.82) is 0 Å². The van der Waals surface area contributed by atoms with E-state index in [1.54, 1.807) is 6.92 Å². The Bertz CT molecular complexity index is 638. The maximum Gasteiger partial charge on any atom is 0.328 e. The zero-order valence-corrected chi connectivity index (χ0v) is 13.3. The van der Waals surface area contributed by atoms with Crippen molar-refractivity contribution in [2.24, 2.45) is 5.73 Å². The molecule has 1 aliphatic carbocycles. The summed E-state index contributed by atoms with van der Waals surface area (Å²) in [5, 5.41) is -0.920. The average molecular weight is 311 g/mol. The van der Waals surface area contributed by atoms with E-state index in [0.717, 1.165) is 23.8 Å². The van der Waals surface area contributed by atoms with Crippen molar-refractivity contribution in [1.82, 2.24) is 0 Å². The van der Waals surface area contributed by atoms with Crippen molar-refractivity contribution >= 4 is 15.8 Å². The molecule has 0 radical (unpaired) electrons. The summed E-state index contributed by atoms with van der Waals surface area (Å²) in [5.74, 6) is -1.19. The lowest BCUT2D eigenvalue weighted by Crippen LogP contribution is -2.41. The second kappa shape index (κ2) is 5.42. The standard InChI is InChI=1S/C15H21NO4S/c1-4-10-6-8-11(9-7-10)12-13(21(3,18)19)15(12,16)14(17)20-5-2/h6-9,12-13H,4-5,16H2,1-3H3/t12-,13-,15+/m0/s1. The molecule has 116 valence electrons. The van der Waals surface area contributed by atoms with Crippen molar-refractivity contribution in [2.75, 3.05) is 12.9 Å². The van der Waals surface area contributed by atoms with E-state index in [0.29, 0.717) is 0 Å². The van der Waals surface area contributed by atoms with Gasteiger partial charge in [-0.15, -0.1) is 0 Å². The summed E-state index contributed by atoms with van der Waals surface area (Å²) in [6.45, 7) is 3.89. The number of benzene rings is 1. The van der Waals surface area contributed by atoms with Crippen LogP contribution < -0.4 is 5.73 Å². The van der Waals surface area contributed by atoms with Crippen LogP contribution in [-0.2, 0) is 25.8 Å². The van der Waals surface area contributed by atoms with Crippen LogP contribution in [0.1, 0.15) is 30.9 Å². The van der Waals surface area contributed by atoms with Crippen LogP contribution in [0.4, 0.5) is 0 Å². The molecule has 0 aromatic heterocycles. The minimum absolute atomic E-state index is 0.176. The van der Waals surface area contributed by atoms with Gasteiger partial charge in [-0.05, 0) is 24.5 Å². The van der Waals surface area contributed by atoms with Gasteiger partial charge in [0, 0.05) is 12.2 Å². The SMILES string of the molecule is CCOC(=O)[C@@]1(N)[C@@H](c2ccc(CC)cc2)[C@@H]1S(C)(=O)=O. The van der Waals surface area contributed by atoms with E-state index in [4.69, 9.17) is 10.5 Å². The molecule has 0 aliphatic heterocycles. The molecule has 1 fully saturated rings. The molecule has 2 N–H and O–H groups in total. The van der Waals surface area contributed by atoms with Gasteiger partial charge in [-0.2, -0.15) is 0 Å². The molecule has 1 aromatic carbocycles. The Morgan fingerprint density at radius 3 is 2.29 bits per heavy atom. The third-order valence-electron chi connectivity index (χ3n) is 4.02. The molecule has 5 nitrogen and oxygen atoms in total. The predicted molar refractivity (Wildman–Crippen MR) is 80.7 cm³/mol. The third kappa shape index (κ3) is 2.70. The molecule has 0 saturated heterocycles. The van der Waals surface area contributed by atoms with Gasteiger partial charge >= 0.3 is 5.97 Å². The largest absolute Gasteiger partial charge is 0.465 e. The van der Waals surface area contributed by atoms with Crippen LogP contribution >= 0.6 is 0 Å². The van der Waals surface area contributed by atoms with E-state index >= 15 is 0 Å². The van der Waals surface area contributed by atoms with Gasteiger partial charge in [0.1, 0.15) is 5.54 Å². The Labute approximate surface area is 125 Å². The molecule has 2 rings (SSSR count). The lowest BCUT2D eigenvalue weighted by atomic mass is 10.0. The van der Waals surface area contributed by atoms with Crippen LogP contribution in [0.15, 0.2) is 24.3 Å². The minimum atomic E-state index is -3.44. The molecular formula is C15H21NO4S. The van der Waals surface area contributed by atoms with E-state index < -0.39 is 32.5 Å². The first-order valence-corrected chi connectivity index (χ1v) is 8.96. The highest BCUT2D eigenvalue weighted by atomic mass is 32.2. The normalized spacial score (nSPS) is 28.2. The Morgan fingerprint density at radius 1 is 1.29 bits per heavy atom. The van der Waals surface area contributed by atoms with Gasteiger partial charge in [-0.3, -0.25) is 0 Å². The highest BCUT2D eigenvalue weighted by Gasteiger charge is 2.73. The molecule has 0 heterocycles. The van der Waals surface area contributed by atoms with Gasteiger partial charge < -0.3 is 10.5 Å². The predicted octanol–water partition coefficient (Wildman–Crippen LogP) is 1.02. The maximum absolute atomic E-state index is 12.1. The zero-order chi connectivity index (χ0) is 15.8. The summed E-state index contributed by atoms with van der Waals surface area (Å²) in [6.07, 6.45) is 2.00. The number of carbonyl (C=O) groups is 1. The second-order valence-electron chi connectivity index (χ2n) is 5.48. The molecule has 0 unspecified atom stereocenters. The fraction of sp³-hybridized carbons (Fsp3) is 0.533. The summed E-state index contributed by atoms with van der Waals surface area (Å²) < 4.78 is 28.8. The van der Waals surface area contributed by atoms with Crippen molar-refractivity contribution in [3.8, 4) is 0 Å². The van der Waals surface area contributed by atoms with Crippen LogP contribution in [-0.4, -0.2) is 38.0 Å². The number of nitrogens with two attached hydrogens (primary N) is 1. The molecule has 0 spiro atoms. The molecular weight excluding hydrogens is 290 g/mol. The van der Waals surface area contributed by atoms with Crippen molar-refractivity contribution in [3.05, 3.63) is 35.4 Å². The number of hydrogen-bond acceptors (Lipinski definition) is 5. The first kappa shape index (κ1) is 16.0. The quantitative estimate of drug-likeness (QED) is 0.820. The lowest BCUT2D eigenvalue weighted by Gasteiger charge is -2.10. The highest BCUT2D eigenvalue weighted by Crippen LogP contribution is 2.54. The summed E-state index contributed by atoms with van der Waals surface area (Å²) >= 11 is 0. The number of rotatable bonds is 5. The van der Waals surface area contributed by atoms with E-state index in [2.05, 4.69) is 0 Å². The lowest BCUT2D eigenvalue weighted by molar-refractivity contribution is -0.145. The molecule has 3 atom stereocenters. The minimum Gasteiger partial charge on any atom is -0.465 e. The summed E-state index contributed by atoms with van der Waals surface area (Å²) in [5.41, 5.74) is 6.53. The first-order chi connectivity index (χ1) is 9.76. The van der Waals surface area contributed by atoms with Gasteiger partial charge in [0.05, 0.1) is 11.9 Å². The highest BCUT2D eigenvalue weighted by molar-refractivity contribution is 7.91. The molecule has 0 bridgehead atoms. The van der Waals surface area contributed by atoms with Gasteiger partial charge in [-0.1, -0.05) is 31.2 Å². The van der Waals surface area contributed by atoms with Gasteiger partial charge in [0.25, 0.3) is 0 Å². The monoisotopic (exact) mass is 311 g/mol. The summed E-state index contributed by atoms with van der Waals surface area (Å²) in [7, 11) is -3.44. The Morgan fingerprint density at radius 2 is 1.86 bits per heavy atom. The van der Waals surface area contributed by atoms with Crippen molar-refractivity contribution in [3.63, 3.8) is 0 Å². The number of aryl methyl sites for hydroxylation is 1. The Kier molecular flexibility index (Phi) is 4.13. The topological polar surface area (TPSA) is 86.5 Å². The van der Waals surface area contributed by atoms with Crippen molar-refractivity contribution in [2.45, 2.75) is 37.0 Å². The van der Waals surface area contributed by atoms with E-state index in [1.165, 1.54) is 0 Å². The van der Waals surface area contributed by atoms with Gasteiger partial charge in [-0.25, -0.2) is 13.2 Å². The smallest absolute Gasteiger partial charge is 0.328 e. The van der Waals surface area contributed by atoms with E-state index in [1.807, 2.05) is 31.2 Å². The molecule has 1 aromatic rings. The molecule has 21 heavy (non-hydrogen) atoms. The molecule has 6 heteroatoms. The third-order valence-corrected chi connectivity index (χ3v) is 5.60. The van der Waals surface area contributed by atoms with Gasteiger partial charge in [0.2, 0.25) is 0 Å². The Hall–Kier alpha value is -1.40. The number of esters is 1. The first-order valence-electron chi connectivity index (χ1n) is 7.00. The van der Waals surface area contributed by atoms with E-state index in [9.17, 15) is 13.2 Å². The summed E-state index contributed by atoms with van der Waals surface area (Å²) in [6, 6.07) is 7.54. The van der Waals surface area contributed by atoms with Crippen LogP contribution in [0, 0.1) is 0 Å². The fourth-order valence-corrected chi connectivity index (χ4v) is 4.64. The average Bonchev–Trinajstić information content (AvgIpc) is 3.07. The number of carbonyl (C=O) groups excluding carboxylic acids is 1. The zero-order valence-electron chi connectivity index (χ0n) is 12.5. The van der Waals surface area contributed by atoms with Crippen molar-refractivity contribution < 1.29 is 17.9 Å². The number of sulfone groups is 1. The van der Waals surface area contributed by atoms with Gasteiger partial charge in [0.15, 0.2) is 9.84 Å². The summed E-state index contributed by atoms with van der Waals surface area (Å²) in [4.78, 5) is 12.1. The van der Waals surface area contributed by atoms with E-state index in [-0.39, 0.29) is 6.61 Å². The number of ether oxygens (including phenoxy) is 1. The van der Waals surface area contributed by atoms with Crippen LogP contribution in [0.3, 0.4) is 0 Å². The van der Waals surface area contributed by atoms with Crippen LogP contribution in [0.2, 0.25) is 0 Å². The van der Waals surface area contributed by atoms with Crippen LogP contribution in [0.25, 0.3) is 0 Å². The molecule has 1 saturated carbocycles. The van der Waals surface area contributed by atoms with Crippen LogP contribution in [0.5, 0.6) is 0 Å². The fourth-order valence-electron chi connectivity index (χ4n) is 2.89. The molecule has 0 amide bonds. The number of hydrogen-bond donors (Lipinski definition) is 1. The molecule has 1 aliphatic rings.